The molecule has 1 unspecified atom stereocenters. The molecular formula is C21H25F3N4O2. The van der Waals surface area contributed by atoms with Crippen molar-refractivity contribution in [2.75, 3.05) is 13.6 Å². The first-order valence-electron chi connectivity index (χ1n) is 9.79. The fraction of sp³-hybridized carbons (Fsp3) is 0.476. The molecule has 0 saturated heterocycles. The van der Waals surface area contributed by atoms with Crippen LogP contribution in [-0.4, -0.2) is 52.0 Å². The molecule has 1 aromatic carbocycles. The van der Waals surface area contributed by atoms with Gasteiger partial charge in [-0.25, -0.2) is 4.68 Å². The number of hydrogen-bond acceptors (Lipinski definition) is 4. The number of carbonyl (C=O) groups excluding carboxylic acids is 2. The number of aryl methyl sites for hydroxylation is 1. The number of hydrogen-bond donors (Lipinski definition) is 1. The van der Waals surface area contributed by atoms with Gasteiger partial charge in [-0.15, -0.1) is 0 Å². The van der Waals surface area contributed by atoms with E-state index in [1.165, 1.54) is 16.8 Å². The van der Waals surface area contributed by atoms with Gasteiger partial charge in [0.1, 0.15) is 0 Å². The van der Waals surface area contributed by atoms with Crippen molar-refractivity contribution in [3.8, 4) is 5.69 Å². The van der Waals surface area contributed by atoms with Crippen LogP contribution in [0.5, 0.6) is 0 Å². The predicted octanol–water partition coefficient (Wildman–Crippen LogP) is 3.29. The van der Waals surface area contributed by atoms with Crippen molar-refractivity contribution in [1.82, 2.24) is 20.0 Å². The number of aromatic nitrogens is 2. The molecule has 1 atom stereocenters. The van der Waals surface area contributed by atoms with E-state index in [4.69, 9.17) is 0 Å². The molecule has 162 valence electrons. The van der Waals surface area contributed by atoms with Crippen molar-refractivity contribution in [2.24, 2.45) is 0 Å². The van der Waals surface area contributed by atoms with Crippen LogP contribution in [0, 0.1) is 13.8 Å². The number of likely N-dealkylation sites (N-methyl/N-ethyl adjacent to an activating group) is 1. The minimum absolute atomic E-state index is 0.0873. The highest BCUT2D eigenvalue weighted by Crippen LogP contribution is 2.31. The van der Waals surface area contributed by atoms with E-state index in [-0.39, 0.29) is 23.0 Å². The van der Waals surface area contributed by atoms with Crippen LogP contribution >= 0.6 is 0 Å². The summed E-state index contributed by atoms with van der Waals surface area (Å²) >= 11 is 0. The molecule has 0 aliphatic heterocycles. The van der Waals surface area contributed by atoms with Gasteiger partial charge in [-0.3, -0.25) is 14.5 Å². The lowest BCUT2D eigenvalue weighted by Crippen LogP contribution is -2.43. The van der Waals surface area contributed by atoms with Crippen molar-refractivity contribution in [2.45, 2.75) is 51.9 Å². The van der Waals surface area contributed by atoms with Crippen LogP contribution in [0.2, 0.25) is 0 Å². The van der Waals surface area contributed by atoms with Gasteiger partial charge in [0.05, 0.1) is 28.2 Å². The number of ketones is 1. The summed E-state index contributed by atoms with van der Waals surface area (Å²) in [6, 6.07) is 5.29. The Kier molecular flexibility index (Phi) is 6.03. The average Bonchev–Trinajstić information content (AvgIpc) is 3.49. The van der Waals surface area contributed by atoms with Crippen LogP contribution in [0.3, 0.4) is 0 Å². The highest BCUT2D eigenvalue weighted by Gasteiger charge is 2.32. The number of halogens is 3. The SMILES string of the molecule is Cc1nn(-c2cccc(C(F)(F)F)c2)c(C)c1C(=O)C(=O)NCC(C)N(C)C1CC1. The Morgan fingerprint density at radius 2 is 1.97 bits per heavy atom. The van der Waals surface area contributed by atoms with E-state index >= 15 is 0 Å². The van der Waals surface area contributed by atoms with E-state index in [2.05, 4.69) is 15.3 Å². The monoisotopic (exact) mass is 422 g/mol. The van der Waals surface area contributed by atoms with Crippen LogP contribution in [0.25, 0.3) is 5.69 Å². The quantitative estimate of drug-likeness (QED) is 0.549. The first kappa shape index (κ1) is 22.0. The Bertz CT molecular complexity index is 964. The second-order valence-electron chi connectivity index (χ2n) is 7.79. The van der Waals surface area contributed by atoms with Gasteiger partial charge in [-0.1, -0.05) is 6.07 Å². The molecule has 1 heterocycles. The van der Waals surface area contributed by atoms with Crippen molar-refractivity contribution in [3.63, 3.8) is 0 Å². The van der Waals surface area contributed by atoms with Gasteiger partial charge in [0.2, 0.25) is 0 Å². The third-order valence-corrected chi connectivity index (χ3v) is 5.52. The molecule has 1 aliphatic carbocycles. The van der Waals surface area contributed by atoms with E-state index in [1.54, 1.807) is 13.8 Å². The van der Waals surface area contributed by atoms with Crippen LogP contribution < -0.4 is 5.32 Å². The van der Waals surface area contributed by atoms with E-state index in [0.29, 0.717) is 18.3 Å². The molecule has 1 saturated carbocycles. The number of carbonyl (C=O) groups is 2. The molecule has 3 rings (SSSR count). The molecule has 1 N–H and O–H groups in total. The fourth-order valence-electron chi connectivity index (χ4n) is 3.46. The van der Waals surface area contributed by atoms with Gasteiger partial charge >= 0.3 is 6.18 Å². The third-order valence-electron chi connectivity index (χ3n) is 5.52. The van der Waals surface area contributed by atoms with Crippen LogP contribution in [0.1, 0.15) is 47.1 Å². The minimum Gasteiger partial charge on any atom is -0.348 e. The summed E-state index contributed by atoms with van der Waals surface area (Å²) < 4.78 is 40.3. The average molecular weight is 422 g/mol. The Labute approximate surface area is 173 Å². The van der Waals surface area contributed by atoms with Gasteiger partial charge in [-0.2, -0.15) is 18.3 Å². The molecular weight excluding hydrogens is 397 g/mol. The summed E-state index contributed by atoms with van der Waals surface area (Å²) in [4.78, 5) is 27.3. The molecule has 0 spiro atoms. The van der Waals surface area contributed by atoms with E-state index < -0.39 is 23.4 Å². The summed E-state index contributed by atoms with van der Waals surface area (Å²) in [5.41, 5.74) is 0.0629. The van der Waals surface area contributed by atoms with E-state index in [9.17, 15) is 22.8 Å². The Morgan fingerprint density at radius 3 is 2.57 bits per heavy atom. The standard InChI is InChI=1S/C21H25F3N4O2/c1-12(27(4)16-8-9-16)11-25-20(30)19(29)18-13(2)26-28(14(18)3)17-7-5-6-15(10-17)21(22,23)24/h5-7,10,12,16H,8-9,11H2,1-4H3,(H,25,30). The van der Waals surface area contributed by atoms with Crippen molar-refractivity contribution >= 4 is 11.7 Å². The van der Waals surface area contributed by atoms with Crippen molar-refractivity contribution < 1.29 is 22.8 Å². The number of benzene rings is 1. The minimum atomic E-state index is -4.49. The molecule has 1 aromatic heterocycles. The van der Waals surface area contributed by atoms with Gasteiger partial charge < -0.3 is 5.32 Å². The zero-order chi connectivity index (χ0) is 22.2. The predicted molar refractivity (Wildman–Crippen MR) is 106 cm³/mol. The van der Waals surface area contributed by atoms with Crippen LogP contribution in [0.4, 0.5) is 13.2 Å². The van der Waals surface area contributed by atoms with E-state index in [0.717, 1.165) is 25.0 Å². The number of rotatable bonds is 7. The van der Waals surface area contributed by atoms with Crippen LogP contribution in [-0.2, 0) is 11.0 Å². The summed E-state index contributed by atoms with van der Waals surface area (Å²) in [5, 5.41) is 6.86. The number of nitrogens with one attached hydrogen (secondary N) is 1. The maximum Gasteiger partial charge on any atom is 0.416 e. The molecule has 2 aromatic rings. The van der Waals surface area contributed by atoms with Gasteiger partial charge in [0.15, 0.2) is 0 Å². The number of Topliss-reactive ketones (excluding diaryl/α,β-unsaturated/α-hetero) is 1. The van der Waals surface area contributed by atoms with Gasteiger partial charge in [0, 0.05) is 18.6 Å². The lowest BCUT2D eigenvalue weighted by molar-refractivity contribution is -0.137. The fourth-order valence-corrected chi connectivity index (χ4v) is 3.46. The third kappa shape index (κ3) is 4.56. The number of alkyl halides is 3. The Balaban J connectivity index is 1.78. The Hall–Kier alpha value is -2.68. The van der Waals surface area contributed by atoms with Crippen molar-refractivity contribution in [3.05, 3.63) is 46.8 Å². The maximum absolute atomic E-state index is 13.0. The highest BCUT2D eigenvalue weighted by molar-refractivity contribution is 6.43. The molecule has 30 heavy (non-hydrogen) atoms. The zero-order valence-corrected chi connectivity index (χ0v) is 17.4. The first-order chi connectivity index (χ1) is 14.0. The molecule has 0 bridgehead atoms. The first-order valence-corrected chi connectivity index (χ1v) is 9.79. The summed E-state index contributed by atoms with van der Waals surface area (Å²) in [5.74, 6) is -1.50. The van der Waals surface area contributed by atoms with Gasteiger partial charge in [-0.05, 0) is 58.9 Å². The largest absolute Gasteiger partial charge is 0.416 e. The smallest absolute Gasteiger partial charge is 0.348 e. The number of nitrogens with zero attached hydrogens (tertiary/aromatic N) is 3. The lowest BCUT2D eigenvalue weighted by Gasteiger charge is -2.24. The summed E-state index contributed by atoms with van der Waals surface area (Å²) in [7, 11) is 1.99. The molecule has 1 aliphatic rings. The second-order valence-corrected chi connectivity index (χ2v) is 7.79. The summed E-state index contributed by atoms with van der Waals surface area (Å²) in [6.45, 7) is 5.42. The lowest BCUT2D eigenvalue weighted by atomic mass is 10.1. The zero-order valence-electron chi connectivity index (χ0n) is 17.4. The van der Waals surface area contributed by atoms with Crippen LogP contribution in [0.15, 0.2) is 24.3 Å². The molecule has 0 radical (unpaired) electrons. The van der Waals surface area contributed by atoms with Gasteiger partial charge in [0.25, 0.3) is 11.7 Å². The van der Waals surface area contributed by atoms with Crippen molar-refractivity contribution in [1.29, 1.82) is 0 Å². The maximum atomic E-state index is 13.0. The molecule has 1 fully saturated rings. The molecule has 9 heteroatoms. The van der Waals surface area contributed by atoms with E-state index in [1.807, 2.05) is 14.0 Å². The highest BCUT2D eigenvalue weighted by atomic mass is 19.4. The Morgan fingerprint density at radius 1 is 1.30 bits per heavy atom. The second kappa shape index (κ2) is 8.22. The summed E-state index contributed by atoms with van der Waals surface area (Å²) in [6.07, 6.45) is -2.21. The molecule has 1 amide bonds. The topological polar surface area (TPSA) is 67.2 Å². The number of amides is 1. The molecule has 6 nitrogen and oxygen atoms in total. The normalized spacial score (nSPS) is 15.3.